The quantitative estimate of drug-likeness (QED) is 0.777. The first kappa shape index (κ1) is 10.7. The van der Waals surface area contributed by atoms with Gasteiger partial charge in [0, 0.05) is 0 Å². The minimum atomic E-state index is -0.397. The Labute approximate surface area is 92.9 Å². The molecule has 1 aromatic heterocycles. The summed E-state index contributed by atoms with van der Waals surface area (Å²) in [5, 5.41) is 0.540. The van der Waals surface area contributed by atoms with Crippen LogP contribution in [-0.4, -0.2) is 12.1 Å². The van der Waals surface area contributed by atoms with E-state index in [1.807, 2.05) is 26.0 Å². The van der Waals surface area contributed by atoms with E-state index in [2.05, 4.69) is 4.98 Å². The summed E-state index contributed by atoms with van der Waals surface area (Å²) in [6.45, 7) is 4.05. The second kappa shape index (κ2) is 3.96. The first-order chi connectivity index (χ1) is 7.63. The molecular weight excluding hydrogens is 206 g/mol. The number of aromatic nitrogens is 1. The summed E-state index contributed by atoms with van der Waals surface area (Å²) in [5.41, 5.74) is 1.16. The Morgan fingerprint density at radius 1 is 1.38 bits per heavy atom. The van der Waals surface area contributed by atoms with Gasteiger partial charge in [0.25, 0.3) is 0 Å². The van der Waals surface area contributed by atoms with Gasteiger partial charge < -0.3 is 9.15 Å². The minimum Gasteiger partial charge on any atom is -0.453 e. The first-order valence-electron chi connectivity index (χ1n) is 5.11. The molecule has 0 spiro atoms. The number of fused-ring (bicyclic) bond motifs is 1. The van der Waals surface area contributed by atoms with E-state index in [0.29, 0.717) is 10.9 Å². The molecule has 0 saturated heterocycles. The molecule has 0 saturated carbocycles. The van der Waals surface area contributed by atoms with E-state index in [1.54, 1.807) is 6.07 Å². The predicted molar refractivity (Wildman–Crippen MR) is 60.9 cm³/mol. The van der Waals surface area contributed by atoms with Crippen LogP contribution >= 0.6 is 0 Å². The first-order valence-corrected chi connectivity index (χ1v) is 5.11. The van der Waals surface area contributed by atoms with Crippen molar-refractivity contribution >= 4 is 10.9 Å². The molecule has 0 unspecified atom stereocenters. The third kappa shape index (κ3) is 1.66. The highest BCUT2D eigenvalue weighted by atomic mass is 16.6. The number of benzene rings is 1. The molecule has 16 heavy (non-hydrogen) atoms. The zero-order valence-corrected chi connectivity index (χ0v) is 9.48. The third-order valence-electron chi connectivity index (χ3n) is 2.47. The molecule has 2 rings (SSSR count). The summed E-state index contributed by atoms with van der Waals surface area (Å²) in [7, 11) is 1.42. The van der Waals surface area contributed by atoms with Crippen LogP contribution in [0.4, 0.5) is 0 Å². The molecule has 1 aromatic carbocycles. The second-order valence-electron chi connectivity index (χ2n) is 3.87. The van der Waals surface area contributed by atoms with Gasteiger partial charge in [-0.05, 0) is 17.5 Å². The van der Waals surface area contributed by atoms with Crippen molar-refractivity contribution in [2.75, 3.05) is 7.11 Å². The van der Waals surface area contributed by atoms with Crippen molar-refractivity contribution in [3.05, 3.63) is 34.2 Å². The fraction of sp³-hybridized carbons (Fsp3) is 0.333. The Balaban J connectivity index is 2.84. The zero-order valence-electron chi connectivity index (χ0n) is 9.48. The monoisotopic (exact) mass is 219 g/mol. The van der Waals surface area contributed by atoms with Crippen LogP contribution in [0.15, 0.2) is 27.4 Å². The Morgan fingerprint density at radius 2 is 2.12 bits per heavy atom. The summed E-state index contributed by atoms with van der Waals surface area (Å²) in [5.74, 6) is 0.252. The van der Waals surface area contributed by atoms with Crippen LogP contribution in [0.1, 0.15) is 25.3 Å². The average Bonchev–Trinajstić information content (AvgIpc) is 2.27. The van der Waals surface area contributed by atoms with E-state index in [-0.39, 0.29) is 12.0 Å². The lowest BCUT2D eigenvalue weighted by molar-refractivity contribution is 0.270. The van der Waals surface area contributed by atoms with Crippen molar-refractivity contribution in [1.82, 2.24) is 4.98 Å². The molecule has 0 fully saturated rings. The largest absolute Gasteiger partial charge is 0.453 e. The molecule has 0 atom stereocenters. The highest BCUT2D eigenvalue weighted by Crippen LogP contribution is 2.22. The van der Waals surface area contributed by atoms with Crippen LogP contribution in [0.2, 0.25) is 0 Å². The number of hydrogen-bond acceptors (Lipinski definition) is 4. The van der Waals surface area contributed by atoms with Gasteiger partial charge in [-0.1, -0.05) is 26.0 Å². The number of ether oxygens (including phenoxy) is 1. The van der Waals surface area contributed by atoms with Crippen molar-refractivity contribution in [1.29, 1.82) is 0 Å². The summed E-state index contributed by atoms with van der Waals surface area (Å²) in [6, 6.07) is 5.57. The minimum absolute atomic E-state index is 0.00148. The number of hydrogen-bond donors (Lipinski definition) is 0. The molecule has 0 aliphatic rings. The molecule has 1 heterocycles. The Bertz CT molecular complexity index is 572. The lowest BCUT2D eigenvalue weighted by atomic mass is 9.99. The highest BCUT2D eigenvalue weighted by molar-refractivity contribution is 5.81. The van der Waals surface area contributed by atoms with E-state index in [9.17, 15) is 4.79 Å². The molecular formula is C12H13NO3. The van der Waals surface area contributed by atoms with E-state index < -0.39 is 5.63 Å². The van der Waals surface area contributed by atoms with Gasteiger partial charge in [0.2, 0.25) is 0 Å². The maximum atomic E-state index is 11.8. The maximum Gasteiger partial charge on any atom is 0.396 e. The van der Waals surface area contributed by atoms with Crippen molar-refractivity contribution < 1.29 is 9.15 Å². The van der Waals surface area contributed by atoms with Crippen LogP contribution in [0, 0.1) is 0 Å². The number of nitrogens with zero attached hydrogens (tertiary/aromatic N) is 1. The Hall–Kier alpha value is -1.84. The predicted octanol–water partition coefficient (Wildman–Crippen LogP) is 2.32. The molecule has 0 N–H and O–H groups in total. The van der Waals surface area contributed by atoms with Gasteiger partial charge in [-0.25, -0.2) is 4.79 Å². The summed E-state index contributed by atoms with van der Waals surface area (Å²) in [4.78, 5) is 15.9. The number of rotatable bonds is 2. The molecule has 0 aliphatic heterocycles. The van der Waals surface area contributed by atoms with Gasteiger partial charge >= 0.3 is 11.7 Å². The fourth-order valence-corrected chi connectivity index (χ4v) is 1.69. The molecule has 2 aromatic rings. The van der Waals surface area contributed by atoms with E-state index in [0.717, 1.165) is 5.56 Å². The van der Waals surface area contributed by atoms with Gasteiger partial charge in [-0.3, -0.25) is 0 Å². The van der Waals surface area contributed by atoms with Gasteiger partial charge in [0.1, 0.15) is 0 Å². The van der Waals surface area contributed by atoms with E-state index in [1.165, 1.54) is 7.11 Å². The molecule has 0 amide bonds. The van der Waals surface area contributed by atoms with Gasteiger partial charge in [-0.2, -0.15) is 4.98 Å². The molecule has 0 radical (unpaired) electrons. The lowest BCUT2D eigenvalue weighted by Gasteiger charge is -2.08. The van der Waals surface area contributed by atoms with Crippen molar-refractivity contribution in [2.45, 2.75) is 19.8 Å². The third-order valence-corrected chi connectivity index (χ3v) is 2.47. The van der Waals surface area contributed by atoms with Crippen molar-refractivity contribution in [3.8, 4) is 6.08 Å². The smallest absolute Gasteiger partial charge is 0.396 e. The van der Waals surface area contributed by atoms with Crippen LogP contribution in [0.5, 0.6) is 6.08 Å². The van der Waals surface area contributed by atoms with Crippen LogP contribution in [0.25, 0.3) is 10.9 Å². The molecule has 0 bridgehead atoms. The topological polar surface area (TPSA) is 52.3 Å². The van der Waals surface area contributed by atoms with Gasteiger partial charge in [0.15, 0.2) is 0 Å². The standard InChI is InChI=1S/C12H13NO3/c1-7(2)8-5-4-6-9-10(8)11(14)16-12(13-9)15-3/h4-7H,1-3H3. The second-order valence-corrected chi connectivity index (χ2v) is 3.87. The molecule has 4 nitrogen and oxygen atoms in total. The van der Waals surface area contributed by atoms with E-state index >= 15 is 0 Å². The van der Waals surface area contributed by atoms with E-state index in [4.69, 9.17) is 9.15 Å². The van der Waals surface area contributed by atoms with Crippen molar-refractivity contribution in [2.24, 2.45) is 0 Å². The van der Waals surface area contributed by atoms with Gasteiger partial charge in [-0.15, -0.1) is 0 Å². The lowest BCUT2D eigenvalue weighted by Crippen LogP contribution is -2.06. The Morgan fingerprint density at radius 3 is 2.75 bits per heavy atom. The fourth-order valence-electron chi connectivity index (χ4n) is 1.69. The summed E-state index contributed by atoms with van der Waals surface area (Å²) in [6.07, 6.45) is -0.00148. The van der Waals surface area contributed by atoms with Crippen LogP contribution in [-0.2, 0) is 0 Å². The zero-order chi connectivity index (χ0) is 11.7. The average molecular weight is 219 g/mol. The summed E-state index contributed by atoms with van der Waals surface area (Å²) < 4.78 is 9.77. The molecule has 84 valence electrons. The SMILES string of the molecule is COc1nc2cccc(C(C)C)c2c(=O)o1. The Kier molecular flexibility index (Phi) is 2.64. The van der Waals surface area contributed by atoms with Crippen LogP contribution < -0.4 is 10.4 Å². The number of methoxy groups -OCH3 is 1. The van der Waals surface area contributed by atoms with Crippen molar-refractivity contribution in [3.63, 3.8) is 0 Å². The normalized spacial score (nSPS) is 11.0. The molecule has 0 aliphatic carbocycles. The van der Waals surface area contributed by atoms with Crippen LogP contribution in [0.3, 0.4) is 0 Å². The molecule has 4 heteroatoms. The maximum absolute atomic E-state index is 11.8. The summed E-state index contributed by atoms with van der Waals surface area (Å²) >= 11 is 0. The van der Waals surface area contributed by atoms with Gasteiger partial charge in [0.05, 0.1) is 18.0 Å². The highest BCUT2D eigenvalue weighted by Gasteiger charge is 2.12.